The summed E-state index contributed by atoms with van der Waals surface area (Å²) in [4.78, 5) is 8.67. The molecule has 4 N–H and O–H groups in total. The van der Waals surface area contributed by atoms with E-state index in [1.165, 1.54) is 6.33 Å². The van der Waals surface area contributed by atoms with Crippen molar-refractivity contribution in [3.63, 3.8) is 0 Å². The number of rotatable bonds is 8. The minimum atomic E-state index is 0.116. The molecule has 7 nitrogen and oxygen atoms in total. The van der Waals surface area contributed by atoms with E-state index in [9.17, 15) is 0 Å². The van der Waals surface area contributed by atoms with E-state index in [-0.39, 0.29) is 6.61 Å². The lowest BCUT2D eigenvalue weighted by atomic mass is 10.1. The average Bonchev–Trinajstić information content (AvgIpc) is 3.16. The van der Waals surface area contributed by atoms with Crippen molar-refractivity contribution < 1.29 is 9.84 Å². The number of ether oxygens (including phenoxy) is 1. The second-order valence-corrected chi connectivity index (χ2v) is 6.56. The first-order valence-corrected chi connectivity index (χ1v) is 9.49. The topological polar surface area (TPSA) is 98.2 Å². The predicted molar refractivity (Wildman–Crippen MR) is 114 cm³/mol. The largest absolute Gasteiger partial charge is 0.492 e. The van der Waals surface area contributed by atoms with Gasteiger partial charge in [-0.05, 0) is 17.7 Å². The monoisotopic (exact) mass is 389 g/mol. The van der Waals surface area contributed by atoms with Gasteiger partial charge in [0.2, 0.25) is 0 Å². The minimum absolute atomic E-state index is 0.116. The van der Waals surface area contributed by atoms with Crippen LogP contribution in [-0.2, 0) is 0 Å². The first kappa shape index (κ1) is 18.9. The smallest absolute Gasteiger partial charge is 0.150 e. The lowest BCUT2D eigenvalue weighted by Gasteiger charge is -2.10. The third-order valence-electron chi connectivity index (χ3n) is 4.63. The van der Waals surface area contributed by atoms with Gasteiger partial charge in [-0.25, -0.2) is 9.97 Å². The van der Waals surface area contributed by atoms with E-state index in [0.717, 1.165) is 33.6 Å². The molecule has 29 heavy (non-hydrogen) atoms. The first-order valence-electron chi connectivity index (χ1n) is 9.49. The van der Waals surface area contributed by atoms with Gasteiger partial charge in [-0.2, -0.15) is 0 Å². The van der Waals surface area contributed by atoms with Crippen LogP contribution in [0.15, 0.2) is 67.1 Å². The highest BCUT2D eigenvalue weighted by atomic mass is 16.5. The summed E-state index contributed by atoms with van der Waals surface area (Å²) in [6.07, 6.45) is 3.52. The zero-order valence-electron chi connectivity index (χ0n) is 16.0. The SMILES string of the molecule is Nc1ncnc2c1c(-c1ccccc1)cn2-c1cccc(OCCNCCO)c1. The Labute approximate surface area is 168 Å². The number of fused-ring (bicyclic) bond motifs is 1. The quantitative estimate of drug-likeness (QED) is 0.401. The lowest BCUT2D eigenvalue weighted by molar-refractivity contribution is 0.276. The number of nitrogens with one attached hydrogen (secondary N) is 1. The normalized spacial score (nSPS) is 11.1. The zero-order chi connectivity index (χ0) is 20.1. The zero-order valence-corrected chi connectivity index (χ0v) is 16.0. The van der Waals surface area contributed by atoms with Gasteiger partial charge in [0.1, 0.15) is 24.5 Å². The van der Waals surface area contributed by atoms with Crippen LogP contribution in [0, 0.1) is 0 Å². The van der Waals surface area contributed by atoms with Crippen molar-refractivity contribution in [1.29, 1.82) is 0 Å². The van der Waals surface area contributed by atoms with Crippen molar-refractivity contribution in [2.45, 2.75) is 0 Å². The van der Waals surface area contributed by atoms with E-state index in [1.807, 2.05) is 65.4 Å². The Morgan fingerprint density at radius 1 is 1.03 bits per heavy atom. The van der Waals surface area contributed by atoms with Crippen LogP contribution in [0.2, 0.25) is 0 Å². The molecule has 0 aliphatic rings. The molecule has 2 heterocycles. The average molecular weight is 389 g/mol. The standard InChI is InChI=1S/C22H23N5O2/c23-21-20-19(16-5-2-1-3-6-16)14-27(22(20)26-15-25-21)17-7-4-8-18(13-17)29-12-10-24-9-11-28/h1-8,13-15,24,28H,9-12H2,(H2,23,25,26). The molecule has 0 aliphatic carbocycles. The first-order chi connectivity index (χ1) is 14.3. The van der Waals surface area contributed by atoms with Crippen LogP contribution in [0.1, 0.15) is 0 Å². The Bertz CT molecular complexity index is 1100. The van der Waals surface area contributed by atoms with E-state index >= 15 is 0 Å². The Kier molecular flexibility index (Phi) is 5.69. The number of aliphatic hydroxyl groups excluding tert-OH is 1. The summed E-state index contributed by atoms with van der Waals surface area (Å²) in [5, 5.41) is 12.7. The molecular weight excluding hydrogens is 366 g/mol. The molecule has 0 saturated heterocycles. The van der Waals surface area contributed by atoms with Crippen LogP contribution in [-0.4, -0.2) is 45.9 Å². The summed E-state index contributed by atoms with van der Waals surface area (Å²) in [6, 6.07) is 17.9. The van der Waals surface area contributed by atoms with Crippen LogP contribution in [0.5, 0.6) is 5.75 Å². The third-order valence-corrected chi connectivity index (χ3v) is 4.63. The van der Waals surface area contributed by atoms with Gasteiger partial charge in [-0.3, -0.25) is 0 Å². The van der Waals surface area contributed by atoms with Gasteiger partial charge in [-0.1, -0.05) is 36.4 Å². The van der Waals surface area contributed by atoms with Crippen molar-refractivity contribution >= 4 is 16.9 Å². The molecule has 4 aromatic rings. The molecule has 148 valence electrons. The molecule has 0 fully saturated rings. The number of nitrogens with two attached hydrogens (primary N) is 1. The Balaban J connectivity index is 1.70. The minimum Gasteiger partial charge on any atom is -0.492 e. The second-order valence-electron chi connectivity index (χ2n) is 6.56. The molecule has 0 saturated carbocycles. The molecule has 0 amide bonds. The maximum absolute atomic E-state index is 8.81. The molecule has 0 atom stereocenters. The van der Waals surface area contributed by atoms with Crippen molar-refractivity contribution in [2.24, 2.45) is 0 Å². The molecule has 2 aromatic heterocycles. The van der Waals surface area contributed by atoms with E-state index in [4.69, 9.17) is 15.6 Å². The van der Waals surface area contributed by atoms with Gasteiger partial charge in [0, 0.05) is 30.9 Å². The van der Waals surface area contributed by atoms with Gasteiger partial charge in [0.15, 0.2) is 5.65 Å². The van der Waals surface area contributed by atoms with Crippen LogP contribution in [0.3, 0.4) is 0 Å². The van der Waals surface area contributed by atoms with E-state index in [2.05, 4.69) is 15.3 Å². The number of hydrogen-bond donors (Lipinski definition) is 3. The third kappa shape index (κ3) is 4.06. The van der Waals surface area contributed by atoms with Crippen LogP contribution in [0.4, 0.5) is 5.82 Å². The summed E-state index contributed by atoms with van der Waals surface area (Å²) in [6.45, 7) is 1.85. The summed E-state index contributed by atoms with van der Waals surface area (Å²) < 4.78 is 7.83. The van der Waals surface area contributed by atoms with Crippen molar-refractivity contribution in [3.05, 3.63) is 67.1 Å². The van der Waals surface area contributed by atoms with Crippen molar-refractivity contribution in [3.8, 4) is 22.6 Å². The maximum atomic E-state index is 8.81. The van der Waals surface area contributed by atoms with Crippen LogP contribution in [0.25, 0.3) is 27.8 Å². The van der Waals surface area contributed by atoms with E-state index in [1.54, 1.807) is 0 Å². The Morgan fingerprint density at radius 3 is 2.72 bits per heavy atom. The summed E-state index contributed by atoms with van der Waals surface area (Å²) in [5.41, 5.74) is 9.92. The van der Waals surface area contributed by atoms with Gasteiger partial charge in [0.25, 0.3) is 0 Å². The Morgan fingerprint density at radius 2 is 1.90 bits per heavy atom. The summed E-state index contributed by atoms with van der Waals surface area (Å²) in [7, 11) is 0. The highest BCUT2D eigenvalue weighted by Gasteiger charge is 2.16. The molecule has 7 heteroatoms. The van der Waals surface area contributed by atoms with Gasteiger partial charge < -0.3 is 25.5 Å². The molecule has 0 unspecified atom stereocenters. The maximum Gasteiger partial charge on any atom is 0.150 e. The highest BCUT2D eigenvalue weighted by molar-refractivity contribution is 6.01. The molecule has 0 bridgehead atoms. The number of aromatic nitrogens is 3. The summed E-state index contributed by atoms with van der Waals surface area (Å²) in [5.74, 6) is 1.22. The lowest BCUT2D eigenvalue weighted by Crippen LogP contribution is -2.23. The number of anilines is 1. The number of nitrogen functional groups attached to an aromatic ring is 1. The molecule has 2 aromatic carbocycles. The molecular formula is C22H23N5O2. The van der Waals surface area contributed by atoms with E-state index in [0.29, 0.717) is 25.5 Å². The van der Waals surface area contributed by atoms with Crippen LogP contribution >= 0.6 is 0 Å². The summed E-state index contributed by atoms with van der Waals surface area (Å²) >= 11 is 0. The number of aliphatic hydroxyl groups is 1. The molecule has 0 spiro atoms. The molecule has 0 radical (unpaired) electrons. The van der Waals surface area contributed by atoms with Gasteiger partial charge in [0.05, 0.1) is 17.7 Å². The number of benzene rings is 2. The second kappa shape index (κ2) is 8.72. The number of nitrogens with zero attached hydrogens (tertiary/aromatic N) is 3. The molecule has 4 rings (SSSR count). The van der Waals surface area contributed by atoms with E-state index < -0.39 is 0 Å². The van der Waals surface area contributed by atoms with Crippen LogP contribution < -0.4 is 15.8 Å². The highest BCUT2D eigenvalue weighted by Crippen LogP contribution is 2.34. The fraction of sp³-hybridized carbons (Fsp3) is 0.182. The van der Waals surface area contributed by atoms with Crippen molar-refractivity contribution in [2.75, 3.05) is 32.0 Å². The fourth-order valence-electron chi connectivity index (χ4n) is 3.29. The molecule has 0 aliphatic heterocycles. The Hall–Kier alpha value is -3.42. The number of hydrogen-bond acceptors (Lipinski definition) is 6. The fourth-order valence-corrected chi connectivity index (χ4v) is 3.29. The predicted octanol–water partition coefficient (Wildman–Crippen LogP) is 2.63. The van der Waals surface area contributed by atoms with Gasteiger partial charge in [-0.15, -0.1) is 0 Å². The van der Waals surface area contributed by atoms with Gasteiger partial charge >= 0.3 is 0 Å². The van der Waals surface area contributed by atoms with Crippen molar-refractivity contribution in [1.82, 2.24) is 19.9 Å².